The summed E-state index contributed by atoms with van der Waals surface area (Å²) in [6.45, 7) is 3.77. The zero-order valence-electron chi connectivity index (χ0n) is 12.4. The van der Waals surface area contributed by atoms with Crippen LogP contribution in [-0.4, -0.2) is 30.5 Å². The van der Waals surface area contributed by atoms with Gasteiger partial charge < -0.3 is 5.11 Å². The number of aromatic nitrogens is 1. The van der Waals surface area contributed by atoms with Gasteiger partial charge in [-0.15, -0.1) is 11.3 Å². The number of hydrogen-bond acceptors (Lipinski definition) is 5. The average Bonchev–Trinajstić information content (AvgIpc) is 2.82. The number of nitrogens with zero attached hydrogens (tertiary/aromatic N) is 1. The second kappa shape index (κ2) is 6.72. The highest BCUT2D eigenvalue weighted by atomic mass is 32.2. The van der Waals surface area contributed by atoms with Gasteiger partial charge in [0.25, 0.3) is 0 Å². The molecule has 0 spiro atoms. The van der Waals surface area contributed by atoms with E-state index in [0.29, 0.717) is 6.42 Å². The molecule has 0 unspecified atom stereocenters. The van der Waals surface area contributed by atoms with Crippen LogP contribution < -0.4 is 4.72 Å². The SMILES string of the molecule is CCCC[C@H](NS(=O)(=O)c1ccc2nc(C)sc2c1)C(=O)O. The fraction of sp³-hybridized carbons (Fsp3) is 0.429. The van der Waals surface area contributed by atoms with Gasteiger partial charge in [-0.05, 0) is 31.5 Å². The van der Waals surface area contributed by atoms with Crippen LogP contribution >= 0.6 is 11.3 Å². The van der Waals surface area contributed by atoms with Crippen molar-refractivity contribution in [1.82, 2.24) is 9.71 Å². The number of carboxylic acid groups (broad SMARTS) is 1. The number of unbranched alkanes of at least 4 members (excludes halogenated alkanes) is 1. The first-order valence-corrected chi connectivity index (χ1v) is 9.26. The van der Waals surface area contributed by atoms with E-state index in [-0.39, 0.29) is 11.3 Å². The molecule has 0 aliphatic heterocycles. The Bertz CT molecular complexity index is 783. The number of nitrogens with one attached hydrogen (secondary N) is 1. The van der Waals surface area contributed by atoms with Crippen molar-refractivity contribution in [2.75, 3.05) is 0 Å². The third-order valence-electron chi connectivity index (χ3n) is 3.22. The van der Waals surface area contributed by atoms with Gasteiger partial charge >= 0.3 is 5.97 Å². The molecule has 0 radical (unpaired) electrons. The Morgan fingerprint density at radius 2 is 2.18 bits per heavy atom. The van der Waals surface area contributed by atoms with Gasteiger partial charge in [-0.25, -0.2) is 13.4 Å². The van der Waals surface area contributed by atoms with Crippen LogP contribution in [-0.2, 0) is 14.8 Å². The van der Waals surface area contributed by atoms with Crippen LogP contribution in [0, 0.1) is 6.92 Å². The summed E-state index contributed by atoms with van der Waals surface area (Å²) in [5.74, 6) is -1.16. The maximum Gasteiger partial charge on any atom is 0.321 e. The number of thiazole rings is 1. The van der Waals surface area contributed by atoms with Gasteiger partial charge in [0, 0.05) is 0 Å². The van der Waals surface area contributed by atoms with E-state index in [4.69, 9.17) is 5.11 Å². The number of carbonyl (C=O) groups is 1. The lowest BCUT2D eigenvalue weighted by atomic mass is 10.1. The maximum absolute atomic E-state index is 12.4. The van der Waals surface area contributed by atoms with Gasteiger partial charge in [0.15, 0.2) is 0 Å². The molecule has 1 aromatic carbocycles. The van der Waals surface area contributed by atoms with Crippen LogP contribution in [0.15, 0.2) is 23.1 Å². The molecule has 2 aromatic rings. The molecule has 2 rings (SSSR count). The zero-order chi connectivity index (χ0) is 16.3. The third kappa shape index (κ3) is 3.82. The fourth-order valence-corrected chi connectivity index (χ4v) is 4.27. The normalized spacial score (nSPS) is 13.4. The van der Waals surface area contributed by atoms with Gasteiger partial charge in [0.2, 0.25) is 10.0 Å². The first-order chi connectivity index (χ1) is 10.3. The molecule has 0 amide bonds. The van der Waals surface area contributed by atoms with Crippen molar-refractivity contribution in [2.24, 2.45) is 0 Å². The molecule has 0 aliphatic carbocycles. The van der Waals surface area contributed by atoms with E-state index < -0.39 is 22.0 Å². The Labute approximate surface area is 133 Å². The first kappa shape index (κ1) is 16.9. The van der Waals surface area contributed by atoms with E-state index in [1.54, 1.807) is 6.07 Å². The summed E-state index contributed by atoms with van der Waals surface area (Å²) in [5.41, 5.74) is 0.738. The molecule has 2 N–H and O–H groups in total. The molecule has 0 aliphatic rings. The lowest BCUT2D eigenvalue weighted by Gasteiger charge is -2.14. The van der Waals surface area contributed by atoms with Crippen molar-refractivity contribution in [3.8, 4) is 0 Å². The molecular weight excluding hydrogens is 324 g/mol. The number of aliphatic carboxylic acids is 1. The number of hydrogen-bond donors (Lipinski definition) is 2. The van der Waals surface area contributed by atoms with Crippen molar-refractivity contribution in [3.63, 3.8) is 0 Å². The summed E-state index contributed by atoms with van der Waals surface area (Å²) < 4.78 is 27.8. The molecule has 120 valence electrons. The Balaban J connectivity index is 2.28. The first-order valence-electron chi connectivity index (χ1n) is 6.96. The van der Waals surface area contributed by atoms with E-state index >= 15 is 0 Å². The second-order valence-electron chi connectivity index (χ2n) is 5.02. The summed E-state index contributed by atoms with van der Waals surface area (Å²) >= 11 is 1.40. The molecule has 1 atom stereocenters. The van der Waals surface area contributed by atoms with Crippen LogP contribution in [0.4, 0.5) is 0 Å². The zero-order valence-corrected chi connectivity index (χ0v) is 14.0. The van der Waals surface area contributed by atoms with Crippen LogP contribution in [0.5, 0.6) is 0 Å². The van der Waals surface area contributed by atoms with Crippen molar-refractivity contribution >= 4 is 37.5 Å². The molecule has 0 bridgehead atoms. The molecule has 8 heteroatoms. The van der Waals surface area contributed by atoms with Gasteiger partial charge in [0.05, 0.1) is 20.1 Å². The van der Waals surface area contributed by atoms with E-state index in [2.05, 4.69) is 9.71 Å². The highest BCUT2D eigenvalue weighted by molar-refractivity contribution is 7.89. The highest BCUT2D eigenvalue weighted by Crippen LogP contribution is 2.24. The van der Waals surface area contributed by atoms with Crippen molar-refractivity contribution < 1.29 is 18.3 Å². The predicted octanol–water partition coefficient (Wildman–Crippen LogP) is 2.53. The van der Waals surface area contributed by atoms with Gasteiger partial charge in [-0.1, -0.05) is 19.8 Å². The van der Waals surface area contributed by atoms with E-state index in [0.717, 1.165) is 21.6 Å². The van der Waals surface area contributed by atoms with Crippen LogP contribution in [0.2, 0.25) is 0 Å². The number of benzene rings is 1. The number of fused-ring (bicyclic) bond motifs is 1. The van der Waals surface area contributed by atoms with Crippen LogP contribution in [0.3, 0.4) is 0 Å². The minimum Gasteiger partial charge on any atom is -0.480 e. The largest absolute Gasteiger partial charge is 0.480 e. The van der Waals surface area contributed by atoms with E-state index in [1.165, 1.54) is 23.5 Å². The number of aryl methyl sites for hydroxylation is 1. The topological polar surface area (TPSA) is 96.4 Å². The number of carboxylic acids is 1. The molecule has 0 saturated heterocycles. The lowest BCUT2D eigenvalue weighted by Crippen LogP contribution is -2.40. The monoisotopic (exact) mass is 342 g/mol. The van der Waals surface area contributed by atoms with Crippen LogP contribution in [0.1, 0.15) is 31.2 Å². The minimum atomic E-state index is -3.87. The molecule has 22 heavy (non-hydrogen) atoms. The Morgan fingerprint density at radius 3 is 2.82 bits per heavy atom. The van der Waals surface area contributed by atoms with E-state index in [9.17, 15) is 13.2 Å². The Kier molecular flexibility index (Phi) is 5.15. The van der Waals surface area contributed by atoms with Gasteiger partial charge in [0.1, 0.15) is 6.04 Å². The van der Waals surface area contributed by atoms with Crippen molar-refractivity contribution in [1.29, 1.82) is 0 Å². The fourth-order valence-electron chi connectivity index (χ4n) is 2.08. The minimum absolute atomic E-state index is 0.0615. The molecular formula is C14H18N2O4S2. The standard InChI is InChI=1S/C14H18N2O4S2/c1-3-4-5-12(14(17)18)16-22(19,20)10-6-7-11-13(8-10)21-9(2)15-11/h6-8,12,16H,3-5H2,1-2H3,(H,17,18)/t12-/m0/s1. The summed E-state index contributed by atoms with van der Waals surface area (Å²) in [6.07, 6.45) is 1.72. The highest BCUT2D eigenvalue weighted by Gasteiger charge is 2.25. The van der Waals surface area contributed by atoms with Gasteiger partial charge in [-0.2, -0.15) is 4.72 Å². The summed E-state index contributed by atoms with van der Waals surface area (Å²) in [7, 11) is -3.87. The Hall–Kier alpha value is -1.51. The molecule has 1 heterocycles. The Morgan fingerprint density at radius 1 is 1.45 bits per heavy atom. The predicted molar refractivity (Wildman–Crippen MR) is 85.6 cm³/mol. The molecule has 0 fully saturated rings. The van der Waals surface area contributed by atoms with Crippen molar-refractivity contribution in [3.05, 3.63) is 23.2 Å². The molecule has 0 saturated carbocycles. The van der Waals surface area contributed by atoms with E-state index in [1.807, 2.05) is 13.8 Å². The average molecular weight is 342 g/mol. The third-order valence-corrected chi connectivity index (χ3v) is 5.62. The summed E-state index contributed by atoms with van der Waals surface area (Å²) in [6, 6.07) is 3.50. The number of sulfonamides is 1. The van der Waals surface area contributed by atoms with Crippen LogP contribution in [0.25, 0.3) is 10.2 Å². The smallest absolute Gasteiger partial charge is 0.321 e. The summed E-state index contributed by atoms with van der Waals surface area (Å²) in [5, 5.41) is 10.0. The van der Waals surface area contributed by atoms with Gasteiger partial charge in [-0.3, -0.25) is 4.79 Å². The number of rotatable bonds is 7. The lowest BCUT2D eigenvalue weighted by molar-refractivity contribution is -0.139. The quantitative estimate of drug-likeness (QED) is 0.806. The molecule has 6 nitrogen and oxygen atoms in total. The van der Waals surface area contributed by atoms with Crippen molar-refractivity contribution in [2.45, 2.75) is 44.0 Å². The maximum atomic E-state index is 12.4. The second-order valence-corrected chi connectivity index (χ2v) is 7.97. The summed E-state index contributed by atoms with van der Waals surface area (Å²) in [4.78, 5) is 15.5. The molecule has 1 aromatic heterocycles.